The quantitative estimate of drug-likeness (QED) is 0.640. The van der Waals surface area contributed by atoms with Gasteiger partial charge in [0.15, 0.2) is 0 Å². The summed E-state index contributed by atoms with van der Waals surface area (Å²) in [7, 11) is 1.27. The second-order valence-corrected chi connectivity index (χ2v) is 8.36. The molecule has 2 aliphatic rings. The number of alkyl carbamates (subject to hydrolysis) is 1. The highest BCUT2D eigenvalue weighted by Crippen LogP contribution is 2.44. The molecule has 1 fully saturated rings. The smallest absolute Gasteiger partial charge is 0.407 e. The van der Waals surface area contributed by atoms with Crippen LogP contribution in [0.3, 0.4) is 0 Å². The molecule has 4 rings (SSSR count). The molecule has 1 aliphatic heterocycles. The number of alkyl halides is 2. The molecule has 2 N–H and O–H groups in total. The third kappa shape index (κ3) is 4.58. The van der Waals surface area contributed by atoms with Gasteiger partial charge in [0, 0.05) is 19.4 Å². The first-order valence-corrected chi connectivity index (χ1v) is 10.7. The van der Waals surface area contributed by atoms with Gasteiger partial charge in [-0.15, -0.1) is 0 Å². The molecule has 1 heterocycles. The van der Waals surface area contributed by atoms with E-state index in [1.165, 1.54) is 7.11 Å². The standard InChI is InChI=1S/C24H24F2N2O6/c1-33-12-19(21(29)28-13-24(25,26)10-20(28)22(30)31)27-23(32)34-11-18-16-8-4-2-6-14(16)15-7-3-5-9-17(15)18/h2-9,18-20H,10-13H2,1H3,(H,27,32)(H,30,31)/t19-,20-/m0/s1. The van der Waals surface area contributed by atoms with E-state index in [0.29, 0.717) is 4.90 Å². The Morgan fingerprint density at radius 2 is 1.71 bits per heavy atom. The second-order valence-electron chi connectivity index (χ2n) is 8.36. The second kappa shape index (κ2) is 9.38. The molecule has 8 nitrogen and oxygen atoms in total. The molecule has 1 saturated heterocycles. The molecule has 0 saturated carbocycles. The average molecular weight is 474 g/mol. The molecule has 0 radical (unpaired) electrons. The molecule has 1 aliphatic carbocycles. The van der Waals surface area contributed by atoms with Gasteiger partial charge in [0.05, 0.1) is 13.2 Å². The number of carboxylic acids is 1. The summed E-state index contributed by atoms with van der Waals surface area (Å²) in [6, 6.07) is 12.5. The molecular formula is C24H24F2N2O6. The van der Waals surface area contributed by atoms with E-state index in [-0.39, 0.29) is 19.1 Å². The molecule has 34 heavy (non-hydrogen) atoms. The number of carbonyl (C=O) groups excluding carboxylic acids is 2. The summed E-state index contributed by atoms with van der Waals surface area (Å²) in [5, 5.41) is 11.6. The number of halogens is 2. The lowest BCUT2D eigenvalue weighted by Crippen LogP contribution is -2.53. The third-order valence-electron chi connectivity index (χ3n) is 6.11. The minimum atomic E-state index is -3.33. The monoisotopic (exact) mass is 474 g/mol. The Labute approximate surface area is 194 Å². The molecule has 10 heteroatoms. The molecule has 0 spiro atoms. The van der Waals surface area contributed by atoms with Gasteiger partial charge in [-0.05, 0) is 22.3 Å². The molecule has 0 bridgehead atoms. The molecule has 2 amide bonds. The first-order valence-electron chi connectivity index (χ1n) is 10.7. The predicted molar refractivity (Wildman–Crippen MR) is 117 cm³/mol. The van der Waals surface area contributed by atoms with Crippen molar-refractivity contribution in [3.63, 3.8) is 0 Å². The minimum absolute atomic E-state index is 0.00666. The highest BCUT2D eigenvalue weighted by molar-refractivity contribution is 5.90. The van der Waals surface area contributed by atoms with Crippen LogP contribution in [0, 0.1) is 0 Å². The number of methoxy groups -OCH3 is 1. The van der Waals surface area contributed by atoms with Gasteiger partial charge in [0.1, 0.15) is 18.7 Å². The van der Waals surface area contributed by atoms with Crippen LogP contribution in [0.15, 0.2) is 48.5 Å². The largest absolute Gasteiger partial charge is 0.480 e. The number of carboxylic acid groups (broad SMARTS) is 1. The van der Waals surface area contributed by atoms with E-state index in [9.17, 15) is 28.3 Å². The van der Waals surface area contributed by atoms with E-state index in [1.54, 1.807) is 0 Å². The Hall–Kier alpha value is -3.53. The summed E-state index contributed by atoms with van der Waals surface area (Å²) in [5.74, 6) is -6.05. The van der Waals surface area contributed by atoms with Crippen molar-refractivity contribution >= 4 is 18.0 Å². The van der Waals surface area contributed by atoms with Crippen LogP contribution in [0.1, 0.15) is 23.5 Å². The summed E-state index contributed by atoms with van der Waals surface area (Å²) in [5.41, 5.74) is 4.11. The van der Waals surface area contributed by atoms with Crippen LogP contribution in [0.2, 0.25) is 0 Å². The van der Waals surface area contributed by atoms with E-state index in [4.69, 9.17) is 9.47 Å². The summed E-state index contributed by atoms with van der Waals surface area (Å²) < 4.78 is 38.0. The first kappa shape index (κ1) is 23.6. The lowest BCUT2D eigenvalue weighted by atomic mass is 9.98. The van der Waals surface area contributed by atoms with E-state index < -0.39 is 48.9 Å². The van der Waals surface area contributed by atoms with Crippen molar-refractivity contribution in [1.29, 1.82) is 0 Å². The number of amides is 2. The molecule has 2 aromatic carbocycles. The topological polar surface area (TPSA) is 105 Å². The van der Waals surface area contributed by atoms with Crippen LogP contribution in [-0.2, 0) is 19.1 Å². The van der Waals surface area contributed by atoms with Gasteiger partial charge in [-0.3, -0.25) is 4.79 Å². The Bertz CT molecular complexity index is 1060. The van der Waals surface area contributed by atoms with Crippen molar-refractivity contribution < 1.29 is 37.7 Å². The number of ether oxygens (including phenoxy) is 2. The summed E-state index contributed by atoms with van der Waals surface area (Å²) in [4.78, 5) is 37.3. The number of nitrogens with one attached hydrogen (secondary N) is 1. The van der Waals surface area contributed by atoms with E-state index >= 15 is 0 Å². The normalized spacial score (nSPS) is 19.3. The maximum absolute atomic E-state index is 13.8. The Kier molecular flexibility index (Phi) is 6.52. The maximum Gasteiger partial charge on any atom is 0.407 e. The van der Waals surface area contributed by atoms with Crippen LogP contribution < -0.4 is 5.32 Å². The number of likely N-dealkylation sites (tertiary alicyclic amines) is 1. The summed E-state index contributed by atoms with van der Waals surface area (Å²) in [6.07, 6.45) is -1.92. The van der Waals surface area contributed by atoms with E-state index in [0.717, 1.165) is 22.3 Å². The zero-order valence-electron chi connectivity index (χ0n) is 18.4. The summed E-state index contributed by atoms with van der Waals surface area (Å²) in [6.45, 7) is -1.39. The van der Waals surface area contributed by atoms with Crippen molar-refractivity contribution in [2.45, 2.75) is 30.3 Å². The van der Waals surface area contributed by atoms with Gasteiger partial charge < -0.3 is 24.8 Å². The molecule has 180 valence electrons. The molecule has 2 atom stereocenters. The zero-order valence-corrected chi connectivity index (χ0v) is 18.4. The van der Waals surface area contributed by atoms with Gasteiger partial charge in [0.25, 0.3) is 5.92 Å². The first-order chi connectivity index (χ1) is 16.2. The highest BCUT2D eigenvalue weighted by atomic mass is 19.3. The lowest BCUT2D eigenvalue weighted by Gasteiger charge is -2.26. The Morgan fingerprint density at radius 3 is 2.26 bits per heavy atom. The zero-order chi connectivity index (χ0) is 24.5. The minimum Gasteiger partial charge on any atom is -0.480 e. The Balaban J connectivity index is 1.44. The number of rotatable bonds is 7. The van der Waals surface area contributed by atoms with Gasteiger partial charge in [-0.25, -0.2) is 18.4 Å². The van der Waals surface area contributed by atoms with Gasteiger partial charge >= 0.3 is 12.1 Å². The van der Waals surface area contributed by atoms with Crippen LogP contribution >= 0.6 is 0 Å². The fourth-order valence-electron chi connectivity index (χ4n) is 4.59. The van der Waals surface area contributed by atoms with Crippen molar-refractivity contribution in [1.82, 2.24) is 10.2 Å². The van der Waals surface area contributed by atoms with Crippen LogP contribution in [0.4, 0.5) is 13.6 Å². The average Bonchev–Trinajstić information content (AvgIpc) is 3.31. The number of carbonyl (C=O) groups is 3. The lowest BCUT2D eigenvalue weighted by molar-refractivity contribution is -0.149. The number of nitrogens with zero attached hydrogens (tertiary/aromatic N) is 1. The number of benzene rings is 2. The molecule has 0 unspecified atom stereocenters. The number of fused-ring (bicyclic) bond motifs is 3. The summed E-state index contributed by atoms with van der Waals surface area (Å²) >= 11 is 0. The number of aliphatic carboxylic acids is 1. The molecule has 0 aromatic heterocycles. The molecular weight excluding hydrogens is 450 g/mol. The van der Waals surface area contributed by atoms with Crippen LogP contribution in [0.5, 0.6) is 0 Å². The van der Waals surface area contributed by atoms with Crippen molar-refractivity contribution in [3.8, 4) is 11.1 Å². The van der Waals surface area contributed by atoms with Gasteiger partial charge in [0.2, 0.25) is 5.91 Å². The van der Waals surface area contributed by atoms with Gasteiger partial charge in [-0.2, -0.15) is 0 Å². The number of hydrogen-bond acceptors (Lipinski definition) is 5. The van der Waals surface area contributed by atoms with Crippen molar-refractivity contribution in [2.24, 2.45) is 0 Å². The molecule has 2 aromatic rings. The van der Waals surface area contributed by atoms with Crippen LogP contribution in [0.25, 0.3) is 11.1 Å². The SMILES string of the molecule is COC[C@H](NC(=O)OCC1c2ccccc2-c2ccccc21)C(=O)N1CC(F)(F)C[C@H]1C(=O)O. The van der Waals surface area contributed by atoms with Crippen molar-refractivity contribution in [3.05, 3.63) is 59.7 Å². The third-order valence-corrected chi connectivity index (χ3v) is 6.11. The van der Waals surface area contributed by atoms with Crippen LogP contribution in [-0.4, -0.2) is 72.9 Å². The Morgan fingerprint density at radius 1 is 1.12 bits per heavy atom. The predicted octanol–water partition coefficient (Wildman–Crippen LogP) is 2.86. The van der Waals surface area contributed by atoms with E-state index in [2.05, 4.69) is 5.32 Å². The van der Waals surface area contributed by atoms with Gasteiger partial charge in [-0.1, -0.05) is 48.5 Å². The van der Waals surface area contributed by atoms with Crippen molar-refractivity contribution in [2.75, 3.05) is 26.9 Å². The maximum atomic E-state index is 13.8. The fraction of sp³-hybridized carbons (Fsp3) is 0.375. The fourth-order valence-corrected chi connectivity index (χ4v) is 4.59. The highest BCUT2D eigenvalue weighted by Gasteiger charge is 2.51. The number of hydrogen-bond donors (Lipinski definition) is 2. The van der Waals surface area contributed by atoms with E-state index in [1.807, 2.05) is 48.5 Å².